The zero-order valence-corrected chi connectivity index (χ0v) is 22.2. The van der Waals surface area contributed by atoms with Crippen LogP contribution in [0.4, 0.5) is 0 Å². The van der Waals surface area contributed by atoms with Crippen molar-refractivity contribution in [2.75, 3.05) is 59.5 Å². The highest BCUT2D eigenvalue weighted by molar-refractivity contribution is 7.09. The van der Waals surface area contributed by atoms with Gasteiger partial charge in [0.1, 0.15) is 18.0 Å². The SMILES string of the molecule is Cc1nc(CC(=O)N2CCOC(COc3ccc(Cl)c(C)c3)(CC(=O)N3CCN(C)CC3)C2)cs1. The molecule has 0 bridgehead atoms. The summed E-state index contributed by atoms with van der Waals surface area (Å²) in [5.74, 6) is 0.666. The molecule has 3 heterocycles. The Morgan fingerprint density at radius 1 is 1.14 bits per heavy atom. The van der Waals surface area contributed by atoms with Crippen LogP contribution in [-0.4, -0.2) is 96.6 Å². The number of aryl methyl sites for hydroxylation is 2. The van der Waals surface area contributed by atoms with Crippen molar-refractivity contribution >= 4 is 34.8 Å². The van der Waals surface area contributed by atoms with Gasteiger partial charge in [-0.05, 0) is 44.7 Å². The van der Waals surface area contributed by atoms with E-state index in [9.17, 15) is 9.59 Å². The zero-order valence-electron chi connectivity index (χ0n) is 20.6. The second-order valence-corrected chi connectivity index (χ2v) is 10.9. The average Bonchev–Trinajstić information content (AvgIpc) is 3.24. The maximum absolute atomic E-state index is 13.3. The molecule has 0 radical (unpaired) electrons. The summed E-state index contributed by atoms with van der Waals surface area (Å²) in [6.07, 6.45) is 0.396. The molecule has 2 fully saturated rings. The number of hydrogen-bond donors (Lipinski definition) is 0. The molecule has 190 valence electrons. The summed E-state index contributed by atoms with van der Waals surface area (Å²) in [4.78, 5) is 36.7. The summed E-state index contributed by atoms with van der Waals surface area (Å²) in [6, 6.07) is 5.47. The van der Waals surface area contributed by atoms with Gasteiger partial charge in [0, 0.05) is 43.1 Å². The van der Waals surface area contributed by atoms with Crippen LogP contribution in [0.2, 0.25) is 5.02 Å². The number of nitrogens with zero attached hydrogens (tertiary/aromatic N) is 4. The van der Waals surface area contributed by atoms with Crippen LogP contribution in [0.5, 0.6) is 5.75 Å². The monoisotopic (exact) mass is 520 g/mol. The van der Waals surface area contributed by atoms with Crippen LogP contribution >= 0.6 is 22.9 Å². The Bertz CT molecular complexity index is 1060. The third-order valence-electron chi connectivity index (χ3n) is 6.56. The van der Waals surface area contributed by atoms with Gasteiger partial charge >= 0.3 is 0 Å². The molecule has 1 unspecified atom stereocenters. The minimum Gasteiger partial charge on any atom is -0.490 e. The normalized spacial score (nSPS) is 21.3. The Kier molecular flexibility index (Phi) is 8.31. The van der Waals surface area contributed by atoms with E-state index in [-0.39, 0.29) is 31.3 Å². The van der Waals surface area contributed by atoms with Crippen molar-refractivity contribution in [2.45, 2.75) is 32.3 Å². The molecule has 1 aromatic heterocycles. The van der Waals surface area contributed by atoms with Gasteiger partial charge in [0.2, 0.25) is 11.8 Å². The highest BCUT2D eigenvalue weighted by atomic mass is 35.5. The lowest BCUT2D eigenvalue weighted by Crippen LogP contribution is -2.59. The van der Waals surface area contributed by atoms with Crippen molar-refractivity contribution in [1.29, 1.82) is 0 Å². The van der Waals surface area contributed by atoms with E-state index < -0.39 is 5.60 Å². The smallest absolute Gasteiger partial charge is 0.228 e. The van der Waals surface area contributed by atoms with E-state index in [0.717, 1.165) is 29.4 Å². The van der Waals surface area contributed by atoms with E-state index >= 15 is 0 Å². The first-order chi connectivity index (χ1) is 16.7. The van der Waals surface area contributed by atoms with Crippen LogP contribution in [0.15, 0.2) is 23.6 Å². The van der Waals surface area contributed by atoms with Gasteiger partial charge in [0.25, 0.3) is 0 Å². The van der Waals surface area contributed by atoms with E-state index in [2.05, 4.69) is 16.9 Å². The fourth-order valence-corrected chi connectivity index (χ4v) is 5.15. The Morgan fingerprint density at radius 3 is 2.60 bits per heavy atom. The van der Waals surface area contributed by atoms with Gasteiger partial charge in [-0.1, -0.05) is 11.6 Å². The first-order valence-electron chi connectivity index (χ1n) is 11.9. The van der Waals surface area contributed by atoms with Crippen molar-refractivity contribution in [3.63, 3.8) is 0 Å². The van der Waals surface area contributed by atoms with Crippen molar-refractivity contribution in [1.82, 2.24) is 19.7 Å². The fourth-order valence-electron chi connectivity index (χ4n) is 4.42. The number of aromatic nitrogens is 1. The number of thiazole rings is 1. The van der Waals surface area contributed by atoms with Crippen LogP contribution in [0.25, 0.3) is 0 Å². The largest absolute Gasteiger partial charge is 0.490 e. The second-order valence-electron chi connectivity index (χ2n) is 9.44. The molecule has 35 heavy (non-hydrogen) atoms. The van der Waals surface area contributed by atoms with Crippen molar-refractivity contribution in [3.8, 4) is 5.75 Å². The third kappa shape index (κ3) is 6.73. The molecule has 2 aliphatic rings. The molecule has 0 spiro atoms. The van der Waals surface area contributed by atoms with E-state index in [1.54, 1.807) is 11.0 Å². The van der Waals surface area contributed by atoms with Crippen LogP contribution < -0.4 is 4.74 Å². The number of amides is 2. The Hall–Kier alpha value is -2.20. The maximum Gasteiger partial charge on any atom is 0.228 e. The quantitative estimate of drug-likeness (QED) is 0.559. The second kappa shape index (κ2) is 11.2. The van der Waals surface area contributed by atoms with Crippen LogP contribution in [0.1, 0.15) is 22.7 Å². The van der Waals surface area contributed by atoms with Crippen LogP contribution in [0, 0.1) is 13.8 Å². The summed E-state index contributed by atoms with van der Waals surface area (Å²) in [5.41, 5.74) is 0.752. The Balaban J connectivity index is 1.49. The van der Waals surface area contributed by atoms with E-state index in [4.69, 9.17) is 21.1 Å². The summed E-state index contributed by atoms with van der Waals surface area (Å²) in [5, 5.41) is 3.53. The van der Waals surface area contributed by atoms with Gasteiger partial charge in [-0.3, -0.25) is 9.59 Å². The van der Waals surface area contributed by atoms with Crippen molar-refractivity contribution in [3.05, 3.63) is 44.9 Å². The molecule has 2 aromatic rings. The number of morpholine rings is 1. The molecule has 8 nitrogen and oxygen atoms in total. The minimum absolute atomic E-state index is 0.0163. The molecule has 2 saturated heterocycles. The minimum atomic E-state index is -0.931. The lowest BCUT2D eigenvalue weighted by Gasteiger charge is -2.43. The Labute approximate surface area is 215 Å². The van der Waals surface area contributed by atoms with E-state index in [0.29, 0.717) is 43.6 Å². The number of piperazine rings is 1. The van der Waals surface area contributed by atoms with Gasteiger partial charge in [-0.15, -0.1) is 11.3 Å². The number of carbonyl (C=O) groups excluding carboxylic acids is 2. The van der Waals surface area contributed by atoms with Crippen LogP contribution in [-0.2, 0) is 20.7 Å². The predicted molar refractivity (Wildman–Crippen MR) is 136 cm³/mol. The first kappa shape index (κ1) is 25.9. The molecule has 1 atom stereocenters. The van der Waals surface area contributed by atoms with E-state index in [1.165, 1.54) is 11.3 Å². The van der Waals surface area contributed by atoms with Gasteiger partial charge in [-0.25, -0.2) is 4.98 Å². The van der Waals surface area contributed by atoms with Gasteiger partial charge in [0.05, 0.1) is 36.7 Å². The standard InChI is InChI=1S/C25H33ClN4O4S/c1-18-12-21(4-5-22(18)26)33-17-25(14-24(32)29-8-6-28(3)7-9-29)16-30(10-11-34-25)23(31)13-20-15-35-19(2)27-20/h4-5,12,15H,6-11,13-14,16-17H2,1-3H3. The number of likely N-dealkylation sites (N-methyl/N-ethyl adjacent to an activating group) is 1. The summed E-state index contributed by atoms with van der Waals surface area (Å²) in [7, 11) is 2.06. The summed E-state index contributed by atoms with van der Waals surface area (Å²) >= 11 is 7.70. The number of ether oxygens (including phenoxy) is 2. The number of halogens is 1. The molecular weight excluding hydrogens is 488 g/mol. The third-order valence-corrected chi connectivity index (χ3v) is 7.81. The molecule has 10 heteroatoms. The molecular formula is C25H33ClN4O4S. The first-order valence-corrected chi connectivity index (χ1v) is 13.2. The lowest BCUT2D eigenvalue weighted by atomic mass is 9.96. The average molecular weight is 521 g/mol. The number of rotatable bonds is 7. The van der Waals surface area contributed by atoms with Gasteiger partial charge in [0.15, 0.2) is 0 Å². The van der Waals surface area contributed by atoms with Gasteiger partial charge < -0.3 is 24.2 Å². The van der Waals surface area contributed by atoms with Crippen LogP contribution in [0.3, 0.4) is 0 Å². The number of benzene rings is 1. The zero-order chi connectivity index (χ0) is 25.0. The molecule has 2 amide bonds. The molecule has 0 N–H and O–H groups in total. The molecule has 4 rings (SSSR count). The lowest BCUT2D eigenvalue weighted by molar-refractivity contribution is -0.166. The maximum atomic E-state index is 13.3. The number of hydrogen-bond acceptors (Lipinski definition) is 7. The van der Waals surface area contributed by atoms with E-state index in [1.807, 2.05) is 36.3 Å². The van der Waals surface area contributed by atoms with Crippen molar-refractivity contribution < 1.29 is 19.1 Å². The summed E-state index contributed by atoms with van der Waals surface area (Å²) in [6.45, 7) is 8.19. The Morgan fingerprint density at radius 2 is 1.91 bits per heavy atom. The summed E-state index contributed by atoms with van der Waals surface area (Å²) < 4.78 is 12.4. The number of carbonyl (C=O) groups is 2. The molecule has 0 aliphatic carbocycles. The fraction of sp³-hybridized carbons (Fsp3) is 0.560. The predicted octanol–water partition coefficient (Wildman–Crippen LogP) is 2.80. The topological polar surface area (TPSA) is 75.2 Å². The highest BCUT2D eigenvalue weighted by Gasteiger charge is 2.42. The molecule has 2 aliphatic heterocycles. The van der Waals surface area contributed by atoms with Crippen molar-refractivity contribution in [2.24, 2.45) is 0 Å². The molecule has 0 saturated carbocycles. The highest BCUT2D eigenvalue weighted by Crippen LogP contribution is 2.28. The van der Waals surface area contributed by atoms with Gasteiger partial charge in [-0.2, -0.15) is 0 Å². The molecule has 1 aromatic carbocycles.